The Balaban J connectivity index is 3.43. The zero-order chi connectivity index (χ0) is 11.6. The van der Waals surface area contributed by atoms with Crippen LogP contribution in [0.5, 0.6) is 0 Å². The van der Waals surface area contributed by atoms with Crippen LogP contribution in [0.4, 0.5) is 0 Å². The molecule has 3 nitrogen and oxygen atoms in total. The Bertz CT molecular complexity index is 510. The van der Waals surface area contributed by atoms with Crippen LogP contribution in [0.25, 0.3) is 0 Å². The molecule has 0 unspecified atom stereocenters. The van der Waals surface area contributed by atoms with Crippen molar-refractivity contribution in [3.8, 4) is 6.07 Å². The van der Waals surface area contributed by atoms with Gasteiger partial charge in [-0.1, -0.05) is 19.9 Å². The molecular weight excluding hydrogens is 210 g/mol. The van der Waals surface area contributed by atoms with Gasteiger partial charge in [-0.3, -0.25) is 0 Å². The Morgan fingerprint density at radius 1 is 1.33 bits per heavy atom. The van der Waals surface area contributed by atoms with Crippen molar-refractivity contribution in [3.63, 3.8) is 0 Å². The molecule has 0 spiro atoms. The van der Waals surface area contributed by atoms with Gasteiger partial charge in [-0.05, 0) is 23.6 Å². The van der Waals surface area contributed by atoms with Crippen molar-refractivity contribution < 1.29 is 8.42 Å². The summed E-state index contributed by atoms with van der Waals surface area (Å²) in [6.07, 6.45) is 1.11. The van der Waals surface area contributed by atoms with Crippen LogP contribution >= 0.6 is 0 Å². The van der Waals surface area contributed by atoms with Crippen LogP contribution in [-0.2, 0) is 9.84 Å². The highest BCUT2D eigenvalue weighted by Gasteiger charge is 2.14. The molecule has 1 aromatic rings. The lowest BCUT2D eigenvalue weighted by atomic mass is 10.0. The van der Waals surface area contributed by atoms with Gasteiger partial charge in [-0.15, -0.1) is 0 Å². The third-order valence-corrected chi connectivity index (χ3v) is 3.35. The van der Waals surface area contributed by atoms with E-state index in [2.05, 4.69) is 0 Å². The SMILES string of the molecule is CC(C)c1ccc(S(C)(=O)=O)c(C#N)c1. The van der Waals surface area contributed by atoms with Gasteiger partial charge in [0.25, 0.3) is 0 Å². The molecule has 1 rings (SSSR count). The molecule has 0 amide bonds. The number of hydrogen-bond acceptors (Lipinski definition) is 3. The molecule has 0 heterocycles. The standard InChI is InChI=1S/C11H13NO2S/c1-8(2)9-4-5-11(15(3,13)14)10(6-9)7-12/h4-6,8H,1-3H3. The van der Waals surface area contributed by atoms with Crippen LogP contribution < -0.4 is 0 Å². The third kappa shape index (κ3) is 2.57. The van der Waals surface area contributed by atoms with Gasteiger partial charge in [0.15, 0.2) is 9.84 Å². The van der Waals surface area contributed by atoms with E-state index in [0.717, 1.165) is 11.8 Å². The first-order valence-corrected chi connectivity index (χ1v) is 6.49. The van der Waals surface area contributed by atoms with Crippen LogP contribution in [0.2, 0.25) is 0 Å². The summed E-state index contributed by atoms with van der Waals surface area (Å²) in [6.45, 7) is 3.99. The van der Waals surface area contributed by atoms with Crippen molar-refractivity contribution in [1.82, 2.24) is 0 Å². The summed E-state index contributed by atoms with van der Waals surface area (Å²) < 4.78 is 22.7. The molecule has 0 atom stereocenters. The van der Waals surface area contributed by atoms with Crippen molar-refractivity contribution in [2.24, 2.45) is 0 Å². The lowest BCUT2D eigenvalue weighted by Gasteiger charge is -2.07. The average molecular weight is 223 g/mol. The van der Waals surface area contributed by atoms with E-state index >= 15 is 0 Å². The number of benzene rings is 1. The quantitative estimate of drug-likeness (QED) is 0.771. The van der Waals surface area contributed by atoms with Crippen LogP contribution in [0.15, 0.2) is 23.1 Å². The molecule has 0 N–H and O–H groups in total. The van der Waals surface area contributed by atoms with Gasteiger partial charge >= 0.3 is 0 Å². The highest BCUT2D eigenvalue weighted by Crippen LogP contribution is 2.21. The van der Waals surface area contributed by atoms with Crippen LogP contribution in [0.3, 0.4) is 0 Å². The number of nitriles is 1. The van der Waals surface area contributed by atoms with Crippen molar-refractivity contribution in [2.75, 3.05) is 6.26 Å². The van der Waals surface area contributed by atoms with Gasteiger partial charge in [-0.2, -0.15) is 5.26 Å². The van der Waals surface area contributed by atoms with Gasteiger partial charge in [0.1, 0.15) is 6.07 Å². The molecule has 0 aliphatic carbocycles. The number of rotatable bonds is 2. The first-order valence-electron chi connectivity index (χ1n) is 4.60. The fourth-order valence-corrected chi connectivity index (χ4v) is 2.14. The normalized spacial score (nSPS) is 11.4. The monoisotopic (exact) mass is 223 g/mol. The van der Waals surface area contributed by atoms with E-state index in [1.54, 1.807) is 12.1 Å². The second-order valence-corrected chi connectivity index (χ2v) is 5.78. The smallest absolute Gasteiger partial charge is 0.176 e. The second-order valence-electron chi connectivity index (χ2n) is 3.79. The van der Waals surface area contributed by atoms with E-state index in [1.807, 2.05) is 19.9 Å². The van der Waals surface area contributed by atoms with Gasteiger partial charge in [-0.25, -0.2) is 8.42 Å². The van der Waals surface area contributed by atoms with Gasteiger partial charge in [0.2, 0.25) is 0 Å². The summed E-state index contributed by atoms with van der Waals surface area (Å²) in [6, 6.07) is 6.81. The molecule has 0 aromatic heterocycles. The minimum atomic E-state index is -3.31. The molecule has 4 heteroatoms. The van der Waals surface area contributed by atoms with E-state index < -0.39 is 9.84 Å². The molecule has 0 bridgehead atoms. The third-order valence-electron chi connectivity index (χ3n) is 2.19. The summed E-state index contributed by atoms with van der Waals surface area (Å²) in [7, 11) is -3.31. The van der Waals surface area contributed by atoms with E-state index in [9.17, 15) is 8.42 Å². The maximum Gasteiger partial charge on any atom is 0.176 e. The van der Waals surface area contributed by atoms with Crippen molar-refractivity contribution in [1.29, 1.82) is 5.26 Å². The van der Waals surface area contributed by atoms with Crippen LogP contribution in [0, 0.1) is 11.3 Å². The summed E-state index contributed by atoms with van der Waals surface area (Å²) in [5.41, 5.74) is 1.20. The summed E-state index contributed by atoms with van der Waals surface area (Å²) >= 11 is 0. The highest BCUT2D eigenvalue weighted by molar-refractivity contribution is 7.90. The Hall–Kier alpha value is -1.34. The maximum atomic E-state index is 11.3. The van der Waals surface area contributed by atoms with Gasteiger partial charge in [0, 0.05) is 6.26 Å². The first-order chi connectivity index (χ1) is 6.86. The number of nitrogens with zero attached hydrogens (tertiary/aromatic N) is 1. The largest absolute Gasteiger partial charge is 0.224 e. The van der Waals surface area contributed by atoms with E-state index in [-0.39, 0.29) is 16.4 Å². The molecule has 0 aliphatic heterocycles. The first kappa shape index (κ1) is 11.7. The molecule has 1 aromatic carbocycles. The Morgan fingerprint density at radius 2 is 1.93 bits per heavy atom. The van der Waals surface area contributed by atoms with Crippen molar-refractivity contribution in [2.45, 2.75) is 24.7 Å². The van der Waals surface area contributed by atoms with E-state index in [0.29, 0.717) is 0 Å². The number of hydrogen-bond donors (Lipinski definition) is 0. The van der Waals surface area contributed by atoms with Crippen molar-refractivity contribution in [3.05, 3.63) is 29.3 Å². The minimum absolute atomic E-state index is 0.106. The van der Waals surface area contributed by atoms with E-state index in [1.165, 1.54) is 6.07 Å². The maximum absolute atomic E-state index is 11.3. The lowest BCUT2D eigenvalue weighted by molar-refractivity contribution is 0.601. The zero-order valence-corrected chi connectivity index (χ0v) is 9.80. The predicted molar refractivity (Wildman–Crippen MR) is 58.4 cm³/mol. The zero-order valence-electron chi connectivity index (χ0n) is 8.98. The molecule has 0 radical (unpaired) electrons. The summed E-state index contributed by atoms with van der Waals surface area (Å²) in [5.74, 6) is 0.283. The molecule has 15 heavy (non-hydrogen) atoms. The molecule has 0 fully saturated rings. The fourth-order valence-electron chi connectivity index (χ4n) is 1.32. The molecular formula is C11H13NO2S. The highest BCUT2D eigenvalue weighted by atomic mass is 32.2. The predicted octanol–water partition coefficient (Wildman–Crippen LogP) is 2.09. The van der Waals surface area contributed by atoms with Gasteiger partial charge in [0.05, 0.1) is 10.5 Å². The van der Waals surface area contributed by atoms with Gasteiger partial charge < -0.3 is 0 Å². The Morgan fingerprint density at radius 3 is 2.33 bits per heavy atom. The molecule has 0 saturated carbocycles. The van der Waals surface area contributed by atoms with Crippen molar-refractivity contribution >= 4 is 9.84 Å². The minimum Gasteiger partial charge on any atom is -0.224 e. The fraction of sp³-hybridized carbons (Fsp3) is 0.364. The molecule has 80 valence electrons. The number of sulfone groups is 1. The topological polar surface area (TPSA) is 57.9 Å². The summed E-state index contributed by atoms with van der Waals surface area (Å²) in [4.78, 5) is 0.106. The molecule has 0 aliphatic rings. The average Bonchev–Trinajstić information content (AvgIpc) is 2.15. The van der Waals surface area contributed by atoms with Crippen LogP contribution in [0.1, 0.15) is 30.9 Å². The second kappa shape index (κ2) is 4.03. The Kier molecular flexibility index (Phi) is 3.15. The summed E-state index contributed by atoms with van der Waals surface area (Å²) in [5, 5.41) is 8.87. The van der Waals surface area contributed by atoms with Crippen LogP contribution in [-0.4, -0.2) is 14.7 Å². The Labute approximate surface area is 90.3 Å². The molecule has 0 saturated heterocycles. The lowest BCUT2D eigenvalue weighted by Crippen LogP contribution is -2.01. The van der Waals surface area contributed by atoms with E-state index in [4.69, 9.17) is 5.26 Å².